The molecule has 1 aromatic rings. The molecule has 8 nitrogen and oxygen atoms in total. The first-order valence-corrected chi connectivity index (χ1v) is 5.11. The zero-order valence-electron chi connectivity index (χ0n) is 8.93. The summed E-state index contributed by atoms with van der Waals surface area (Å²) < 4.78 is 6.37. The van der Waals surface area contributed by atoms with E-state index in [-0.39, 0.29) is 12.4 Å². The number of aromatic nitrogens is 2. The first-order chi connectivity index (χ1) is 8.04. The maximum Gasteiger partial charge on any atom is 0.351 e. The number of anilines is 1. The second kappa shape index (κ2) is 4.41. The first-order valence-electron chi connectivity index (χ1n) is 5.11. The van der Waals surface area contributed by atoms with E-state index < -0.39 is 30.2 Å². The van der Waals surface area contributed by atoms with E-state index in [0.717, 1.165) is 4.57 Å². The van der Waals surface area contributed by atoms with Crippen molar-refractivity contribution in [3.05, 3.63) is 22.7 Å². The van der Waals surface area contributed by atoms with E-state index in [1.54, 1.807) is 0 Å². The van der Waals surface area contributed by atoms with Crippen molar-refractivity contribution in [1.82, 2.24) is 9.55 Å². The quantitative estimate of drug-likeness (QED) is 0.446. The van der Waals surface area contributed by atoms with Crippen LogP contribution in [0.1, 0.15) is 6.23 Å². The molecule has 4 atom stereocenters. The van der Waals surface area contributed by atoms with Crippen LogP contribution in [-0.4, -0.2) is 44.6 Å². The lowest BCUT2D eigenvalue weighted by Crippen LogP contribution is -2.36. The van der Waals surface area contributed by atoms with Gasteiger partial charge in [-0.1, -0.05) is 0 Å². The van der Waals surface area contributed by atoms with Crippen LogP contribution in [0.3, 0.4) is 0 Å². The Morgan fingerprint density at radius 3 is 2.71 bits per heavy atom. The summed E-state index contributed by atoms with van der Waals surface area (Å²) in [5, 5.41) is 19.4. The largest absolute Gasteiger partial charge is 0.387 e. The lowest BCUT2D eigenvalue weighted by molar-refractivity contribution is -0.0371. The van der Waals surface area contributed by atoms with Crippen LogP contribution in [-0.2, 0) is 4.74 Å². The van der Waals surface area contributed by atoms with Gasteiger partial charge < -0.3 is 26.4 Å². The van der Waals surface area contributed by atoms with Crippen LogP contribution in [0.5, 0.6) is 0 Å². The highest BCUT2D eigenvalue weighted by Crippen LogP contribution is 2.27. The predicted molar refractivity (Wildman–Crippen MR) is 57.9 cm³/mol. The third-order valence-electron chi connectivity index (χ3n) is 2.70. The lowest BCUT2D eigenvalue weighted by Gasteiger charge is -2.16. The third kappa shape index (κ3) is 2.03. The molecule has 0 spiro atoms. The highest BCUT2D eigenvalue weighted by Gasteiger charge is 2.43. The maximum atomic E-state index is 11.5. The number of aliphatic hydroxyl groups excluding tert-OH is 2. The van der Waals surface area contributed by atoms with Crippen molar-refractivity contribution in [2.75, 3.05) is 12.3 Å². The molecule has 1 aliphatic rings. The zero-order valence-corrected chi connectivity index (χ0v) is 8.93. The normalized spacial score (nSPS) is 32.9. The van der Waals surface area contributed by atoms with E-state index in [1.165, 1.54) is 12.3 Å². The van der Waals surface area contributed by atoms with Gasteiger partial charge in [0.25, 0.3) is 0 Å². The fourth-order valence-corrected chi connectivity index (χ4v) is 1.77. The van der Waals surface area contributed by atoms with Gasteiger partial charge in [0.05, 0.1) is 0 Å². The molecule has 4 unspecified atom stereocenters. The van der Waals surface area contributed by atoms with Crippen molar-refractivity contribution in [1.29, 1.82) is 0 Å². The van der Waals surface area contributed by atoms with Gasteiger partial charge >= 0.3 is 5.69 Å². The summed E-state index contributed by atoms with van der Waals surface area (Å²) >= 11 is 0. The van der Waals surface area contributed by atoms with Crippen molar-refractivity contribution in [3.63, 3.8) is 0 Å². The number of rotatable bonds is 2. The Labute approximate surface area is 96.4 Å². The van der Waals surface area contributed by atoms with Crippen LogP contribution >= 0.6 is 0 Å². The number of hydrogen-bond donors (Lipinski definition) is 4. The fourth-order valence-electron chi connectivity index (χ4n) is 1.77. The molecule has 8 heteroatoms. The number of hydrogen-bond acceptors (Lipinski definition) is 7. The van der Waals surface area contributed by atoms with Gasteiger partial charge in [0.1, 0.15) is 24.1 Å². The summed E-state index contributed by atoms with van der Waals surface area (Å²) in [5.41, 5.74) is 10.1. The van der Waals surface area contributed by atoms with E-state index in [2.05, 4.69) is 4.98 Å². The minimum absolute atomic E-state index is 0.0475. The van der Waals surface area contributed by atoms with Crippen LogP contribution in [0, 0.1) is 0 Å². The van der Waals surface area contributed by atoms with Gasteiger partial charge in [-0.05, 0) is 6.07 Å². The summed E-state index contributed by atoms with van der Waals surface area (Å²) in [7, 11) is 0. The van der Waals surface area contributed by atoms with Gasteiger partial charge in [-0.15, -0.1) is 0 Å². The van der Waals surface area contributed by atoms with Crippen molar-refractivity contribution in [3.8, 4) is 0 Å². The molecule has 6 N–H and O–H groups in total. The summed E-state index contributed by atoms with van der Waals surface area (Å²) in [6, 6.07) is 1.40. The van der Waals surface area contributed by atoms with Crippen molar-refractivity contribution in [2.24, 2.45) is 5.73 Å². The SMILES string of the molecule is NCC1OC(n2ccc(N)nc2=O)C(O)C1O. The highest BCUT2D eigenvalue weighted by atomic mass is 16.6. The Bertz CT molecular complexity index is 463. The number of ether oxygens (including phenoxy) is 1. The monoisotopic (exact) mass is 242 g/mol. The van der Waals surface area contributed by atoms with Crippen LogP contribution in [0.2, 0.25) is 0 Å². The highest BCUT2D eigenvalue weighted by molar-refractivity contribution is 5.23. The minimum Gasteiger partial charge on any atom is -0.387 e. The standard InChI is InChI=1S/C9H14N4O4/c10-3-4-6(14)7(15)8(17-4)13-2-1-5(11)12-9(13)16/h1-2,4,6-8,14-15H,3,10H2,(H2,11,12,16). The molecule has 1 aliphatic heterocycles. The Kier molecular flexibility index (Phi) is 3.11. The van der Waals surface area contributed by atoms with E-state index in [9.17, 15) is 15.0 Å². The number of nitrogens with two attached hydrogens (primary N) is 2. The van der Waals surface area contributed by atoms with Gasteiger partial charge in [0.15, 0.2) is 6.23 Å². The average Bonchev–Trinajstić information content (AvgIpc) is 2.57. The number of nitrogen functional groups attached to an aromatic ring is 1. The van der Waals surface area contributed by atoms with Gasteiger partial charge in [0.2, 0.25) is 0 Å². The summed E-state index contributed by atoms with van der Waals surface area (Å²) in [4.78, 5) is 15.1. The molecule has 94 valence electrons. The van der Waals surface area contributed by atoms with Gasteiger partial charge in [0, 0.05) is 12.7 Å². The molecule has 0 aliphatic carbocycles. The second-order valence-electron chi connectivity index (χ2n) is 3.82. The Hall–Kier alpha value is -1.48. The van der Waals surface area contributed by atoms with Crippen LogP contribution < -0.4 is 17.2 Å². The molecule has 2 heterocycles. The number of aliphatic hydroxyl groups is 2. The van der Waals surface area contributed by atoms with Crippen LogP contribution in [0.25, 0.3) is 0 Å². The molecule has 2 rings (SSSR count). The average molecular weight is 242 g/mol. The van der Waals surface area contributed by atoms with Crippen molar-refractivity contribution in [2.45, 2.75) is 24.5 Å². The molecule has 0 saturated carbocycles. The molecule has 0 bridgehead atoms. The van der Waals surface area contributed by atoms with E-state index >= 15 is 0 Å². The predicted octanol–water partition coefficient (Wildman–Crippen LogP) is -2.60. The third-order valence-corrected chi connectivity index (χ3v) is 2.70. The second-order valence-corrected chi connectivity index (χ2v) is 3.82. The van der Waals surface area contributed by atoms with Gasteiger partial charge in [-0.25, -0.2) is 4.79 Å². The van der Waals surface area contributed by atoms with Crippen LogP contribution in [0.15, 0.2) is 17.1 Å². The van der Waals surface area contributed by atoms with Gasteiger partial charge in [-0.2, -0.15) is 4.98 Å². The zero-order chi connectivity index (χ0) is 12.6. The molecule has 0 radical (unpaired) electrons. The fraction of sp³-hybridized carbons (Fsp3) is 0.556. The Morgan fingerprint density at radius 1 is 1.47 bits per heavy atom. The Morgan fingerprint density at radius 2 is 2.18 bits per heavy atom. The maximum absolute atomic E-state index is 11.5. The summed E-state index contributed by atoms with van der Waals surface area (Å²) in [6.45, 7) is 0.0475. The van der Waals surface area contributed by atoms with Crippen LogP contribution in [0.4, 0.5) is 5.82 Å². The summed E-state index contributed by atoms with van der Waals surface area (Å²) in [6.07, 6.45) is -2.72. The molecule has 17 heavy (non-hydrogen) atoms. The molecule has 1 saturated heterocycles. The smallest absolute Gasteiger partial charge is 0.351 e. The van der Waals surface area contributed by atoms with Crippen molar-refractivity contribution >= 4 is 5.82 Å². The molecular weight excluding hydrogens is 228 g/mol. The molecule has 1 fully saturated rings. The van der Waals surface area contributed by atoms with Gasteiger partial charge in [-0.3, -0.25) is 4.57 Å². The molecule has 1 aromatic heterocycles. The molecule has 0 amide bonds. The summed E-state index contributed by atoms with van der Waals surface area (Å²) in [5.74, 6) is 0.0784. The minimum atomic E-state index is -1.23. The number of nitrogens with zero attached hydrogens (tertiary/aromatic N) is 2. The van der Waals surface area contributed by atoms with Crippen molar-refractivity contribution < 1.29 is 14.9 Å². The van der Waals surface area contributed by atoms with E-state index in [0.29, 0.717) is 0 Å². The topological polar surface area (TPSA) is 137 Å². The molecular formula is C9H14N4O4. The molecule has 0 aromatic carbocycles. The lowest BCUT2D eigenvalue weighted by atomic mass is 10.1. The van der Waals surface area contributed by atoms with E-state index in [1.807, 2.05) is 0 Å². The van der Waals surface area contributed by atoms with E-state index in [4.69, 9.17) is 16.2 Å². The first kappa shape index (κ1) is 12.0. The Balaban J connectivity index is 2.32.